The van der Waals surface area contributed by atoms with Crippen LogP contribution in [0.5, 0.6) is 0 Å². The summed E-state index contributed by atoms with van der Waals surface area (Å²) in [7, 11) is 0. The summed E-state index contributed by atoms with van der Waals surface area (Å²) in [6.45, 7) is 3.42. The summed E-state index contributed by atoms with van der Waals surface area (Å²) < 4.78 is 0. The number of carbonyl (C=O) groups is 2. The van der Waals surface area contributed by atoms with Crippen LogP contribution in [0.25, 0.3) is 10.8 Å². The Hall–Kier alpha value is -2.89. The summed E-state index contributed by atoms with van der Waals surface area (Å²) in [6.07, 6.45) is 0. The molecule has 30 heavy (non-hydrogen) atoms. The summed E-state index contributed by atoms with van der Waals surface area (Å²) >= 11 is 5.88. The lowest BCUT2D eigenvalue weighted by molar-refractivity contribution is -0.122. The van der Waals surface area contributed by atoms with Crippen LogP contribution in [-0.2, 0) is 11.3 Å². The van der Waals surface area contributed by atoms with Crippen molar-refractivity contribution in [3.8, 4) is 0 Å². The quantitative estimate of drug-likeness (QED) is 0.685. The van der Waals surface area contributed by atoms with Gasteiger partial charge >= 0.3 is 0 Å². The number of piperazine rings is 1. The topological polar surface area (TPSA) is 52.7 Å². The van der Waals surface area contributed by atoms with Gasteiger partial charge in [-0.2, -0.15) is 0 Å². The molecule has 0 spiro atoms. The highest BCUT2D eigenvalue weighted by molar-refractivity contribution is 6.30. The number of carbonyl (C=O) groups excluding carboxylic acids is 2. The van der Waals surface area contributed by atoms with Gasteiger partial charge in [0.15, 0.2) is 0 Å². The molecule has 3 aromatic carbocycles. The molecule has 0 bridgehead atoms. The van der Waals surface area contributed by atoms with Gasteiger partial charge < -0.3 is 10.2 Å². The van der Waals surface area contributed by atoms with E-state index in [1.54, 1.807) is 0 Å². The van der Waals surface area contributed by atoms with Crippen LogP contribution in [-0.4, -0.2) is 54.3 Å². The minimum atomic E-state index is -0.0150. The third-order valence-corrected chi connectivity index (χ3v) is 5.70. The van der Waals surface area contributed by atoms with Crippen LogP contribution in [0.15, 0.2) is 66.7 Å². The maximum Gasteiger partial charge on any atom is 0.254 e. The standard InChI is InChI=1S/C24H24ClN3O2/c25-20-10-8-18(9-11-20)16-26-23(29)17-27-12-14-28(15-13-27)24(30)22-7-3-5-19-4-1-2-6-21(19)22/h1-11H,12-17H2,(H,26,29). The molecular formula is C24H24ClN3O2. The van der Waals surface area contributed by atoms with E-state index in [4.69, 9.17) is 11.6 Å². The Morgan fingerprint density at radius 3 is 2.33 bits per heavy atom. The zero-order valence-corrected chi connectivity index (χ0v) is 17.4. The Labute approximate surface area is 181 Å². The van der Waals surface area contributed by atoms with E-state index in [-0.39, 0.29) is 11.8 Å². The average molecular weight is 422 g/mol. The molecule has 6 heteroatoms. The van der Waals surface area contributed by atoms with E-state index in [9.17, 15) is 9.59 Å². The third-order valence-electron chi connectivity index (χ3n) is 5.45. The first-order chi connectivity index (χ1) is 14.6. The molecule has 1 heterocycles. The minimum Gasteiger partial charge on any atom is -0.351 e. The van der Waals surface area contributed by atoms with E-state index in [2.05, 4.69) is 10.2 Å². The monoisotopic (exact) mass is 421 g/mol. The number of benzene rings is 3. The molecule has 1 N–H and O–H groups in total. The first kappa shape index (κ1) is 20.4. The summed E-state index contributed by atoms with van der Waals surface area (Å²) in [4.78, 5) is 29.3. The molecule has 0 unspecified atom stereocenters. The highest BCUT2D eigenvalue weighted by Gasteiger charge is 2.24. The fourth-order valence-electron chi connectivity index (χ4n) is 3.75. The fourth-order valence-corrected chi connectivity index (χ4v) is 3.88. The van der Waals surface area contributed by atoms with Crippen molar-refractivity contribution in [1.29, 1.82) is 0 Å². The third kappa shape index (κ3) is 4.81. The second-order valence-corrected chi connectivity index (χ2v) is 7.93. The van der Waals surface area contributed by atoms with Gasteiger partial charge in [-0.1, -0.05) is 60.1 Å². The van der Waals surface area contributed by atoms with E-state index in [0.717, 1.165) is 21.9 Å². The van der Waals surface area contributed by atoms with Crippen molar-refractivity contribution < 1.29 is 9.59 Å². The Morgan fingerprint density at radius 2 is 1.57 bits per heavy atom. The van der Waals surface area contributed by atoms with Crippen molar-refractivity contribution in [2.45, 2.75) is 6.54 Å². The van der Waals surface area contributed by atoms with Crippen LogP contribution >= 0.6 is 11.6 Å². The molecule has 1 fully saturated rings. The van der Waals surface area contributed by atoms with Gasteiger partial charge in [-0.15, -0.1) is 0 Å². The second kappa shape index (κ2) is 9.28. The molecule has 0 aromatic heterocycles. The van der Waals surface area contributed by atoms with E-state index in [0.29, 0.717) is 44.3 Å². The first-order valence-corrected chi connectivity index (χ1v) is 10.5. The van der Waals surface area contributed by atoms with Gasteiger partial charge in [0.05, 0.1) is 6.54 Å². The number of nitrogens with zero attached hydrogens (tertiary/aromatic N) is 2. The maximum atomic E-state index is 13.0. The molecule has 1 aliphatic rings. The number of rotatable bonds is 5. The van der Waals surface area contributed by atoms with E-state index < -0.39 is 0 Å². The molecular weight excluding hydrogens is 398 g/mol. The number of nitrogens with one attached hydrogen (secondary N) is 1. The summed E-state index contributed by atoms with van der Waals surface area (Å²) in [5.41, 5.74) is 1.75. The van der Waals surface area contributed by atoms with Crippen LogP contribution in [0, 0.1) is 0 Å². The molecule has 1 aliphatic heterocycles. The smallest absolute Gasteiger partial charge is 0.254 e. The molecule has 4 rings (SSSR count). The number of hydrogen-bond acceptors (Lipinski definition) is 3. The SMILES string of the molecule is O=C(CN1CCN(C(=O)c2cccc3ccccc23)CC1)NCc1ccc(Cl)cc1. The molecule has 0 radical (unpaired) electrons. The highest BCUT2D eigenvalue weighted by atomic mass is 35.5. The normalized spacial score (nSPS) is 14.6. The average Bonchev–Trinajstić information content (AvgIpc) is 2.78. The Morgan fingerprint density at radius 1 is 0.867 bits per heavy atom. The predicted molar refractivity (Wildman–Crippen MR) is 120 cm³/mol. The Balaban J connectivity index is 1.28. The molecule has 3 aromatic rings. The van der Waals surface area contributed by atoms with Crippen LogP contribution in [0.4, 0.5) is 0 Å². The van der Waals surface area contributed by atoms with Gasteiger partial charge in [0.25, 0.3) is 5.91 Å². The van der Waals surface area contributed by atoms with Crippen LogP contribution in [0.1, 0.15) is 15.9 Å². The van der Waals surface area contributed by atoms with Gasteiger partial charge in [0.1, 0.15) is 0 Å². The summed E-state index contributed by atoms with van der Waals surface area (Å²) in [5, 5.41) is 5.67. The second-order valence-electron chi connectivity index (χ2n) is 7.50. The lowest BCUT2D eigenvalue weighted by Gasteiger charge is -2.34. The molecule has 1 saturated heterocycles. The number of halogens is 1. The van der Waals surface area contributed by atoms with E-state index in [1.807, 2.05) is 71.6 Å². The Kier molecular flexibility index (Phi) is 6.31. The van der Waals surface area contributed by atoms with E-state index >= 15 is 0 Å². The highest BCUT2D eigenvalue weighted by Crippen LogP contribution is 2.20. The van der Waals surface area contributed by atoms with Crippen molar-refractivity contribution in [1.82, 2.24) is 15.1 Å². The molecule has 154 valence electrons. The zero-order chi connectivity index (χ0) is 20.9. The Bertz CT molecular complexity index is 1040. The number of amides is 2. The minimum absolute atomic E-state index is 0.0150. The lowest BCUT2D eigenvalue weighted by Crippen LogP contribution is -2.51. The fraction of sp³-hybridized carbons (Fsp3) is 0.250. The van der Waals surface area contributed by atoms with Gasteiger partial charge in [-0.3, -0.25) is 14.5 Å². The number of hydrogen-bond donors (Lipinski definition) is 1. The van der Waals surface area contributed by atoms with Gasteiger partial charge in [0.2, 0.25) is 5.91 Å². The van der Waals surface area contributed by atoms with Gasteiger partial charge in [-0.05, 0) is 34.5 Å². The van der Waals surface area contributed by atoms with E-state index in [1.165, 1.54) is 0 Å². The molecule has 0 saturated carbocycles. The molecule has 5 nitrogen and oxygen atoms in total. The van der Waals surface area contributed by atoms with Crippen molar-refractivity contribution in [2.75, 3.05) is 32.7 Å². The summed E-state index contributed by atoms with van der Waals surface area (Å²) in [5.74, 6) is 0.0393. The predicted octanol–water partition coefficient (Wildman–Crippen LogP) is 3.57. The summed E-state index contributed by atoms with van der Waals surface area (Å²) in [6, 6.07) is 21.2. The van der Waals surface area contributed by atoms with Crippen molar-refractivity contribution in [2.24, 2.45) is 0 Å². The van der Waals surface area contributed by atoms with Gasteiger partial charge in [0, 0.05) is 43.3 Å². The van der Waals surface area contributed by atoms with Crippen LogP contribution in [0.3, 0.4) is 0 Å². The van der Waals surface area contributed by atoms with Crippen LogP contribution < -0.4 is 5.32 Å². The lowest BCUT2D eigenvalue weighted by atomic mass is 10.0. The maximum absolute atomic E-state index is 13.0. The largest absolute Gasteiger partial charge is 0.351 e. The van der Waals surface area contributed by atoms with Crippen molar-refractivity contribution in [3.63, 3.8) is 0 Å². The van der Waals surface area contributed by atoms with Gasteiger partial charge in [-0.25, -0.2) is 0 Å². The zero-order valence-electron chi connectivity index (χ0n) is 16.7. The molecule has 0 aliphatic carbocycles. The number of fused-ring (bicyclic) bond motifs is 1. The van der Waals surface area contributed by atoms with Crippen molar-refractivity contribution >= 4 is 34.2 Å². The first-order valence-electron chi connectivity index (χ1n) is 10.1. The van der Waals surface area contributed by atoms with Crippen LogP contribution in [0.2, 0.25) is 5.02 Å². The molecule has 0 atom stereocenters. The molecule has 2 amide bonds. The van der Waals surface area contributed by atoms with Crippen molar-refractivity contribution in [3.05, 3.63) is 82.9 Å².